The molecule has 0 amide bonds. The summed E-state index contributed by atoms with van der Waals surface area (Å²) >= 11 is 0. The molecule has 4 rings (SSSR count). The number of rotatable bonds is 5. The van der Waals surface area contributed by atoms with E-state index in [0.29, 0.717) is 11.6 Å². The van der Waals surface area contributed by atoms with Crippen molar-refractivity contribution >= 4 is 32.8 Å². The Morgan fingerprint density at radius 1 is 1.00 bits per heavy atom. The fraction of sp³-hybridized carbons (Fsp3) is 0.417. The third-order valence-electron chi connectivity index (χ3n) is 6.91. The first-order chi connectivity index (χ1) is 17.5. The summed E-state index contributed by atoms with van der Waals surface area (Å²) in [5.74, 6) is -2.81. The molecule has 1 fully saturated rings. The number of H-pyrrole nitrogens is 1. The number of para-hydroxylation sites is 2. The zero-order valence-electron chi connectivity index (χ0n) is 20.2. The van der Waals surface area contributed by atoms with Crippen LogP contribution in [0.4, 0.5) is 32.3 Å². The lowest BCUT2D eigenvalue weighted by Gasteiger charge is -2.38. The minimum atomic E-state index is -5.22. The van der Waals surface area contributed by atoms with Gasteiger partial charge in [0.25, 0.3) is 0 Å². The lowest BCUT2D eigenvalue weighted by molar-refractivity contribution is -0.839. The van der Waals surface area contributed by atoms with Gasteiger partial charge in [0, 0.05) is 0 Å². The van der Waals surface area contributed by atoms with Gasteiger partial charge in [0.05, 0.1) is 28.3 Å². The van der Waals surface area contributed by atoms with Crippen molar-refractivity contribution in [2.45, 2.75) is 48.7 Å². The number of aromatic nitrogens is 2. The quantitative estimate of drug-likeness (QED) is 0.366. The third kappa shape index (κ3) is 5.05. The Bertz CT molecular complexity index is 1460. The second-order valence-corrected chi connectivity index (χ2v) is 12.1. The van der Waals surface area contributed by atoms with Crippen LogP contribution in [0.5, 0.6) is 0 Å². The lowest BCUT2D eigenvalue weighted by Crippen LogP contribution is -2.55. The summed E-state index contributed by atoms with van der Waals surface area (Å²) in [6.07, 6.45) is -9.41. The highest BCUT2D eigenvalue weighted by Gasteiger charge is 2.47. The van der Waals surface area contributed by atoms with Gasteiger partial charge in [-0.05, 0) is 67.7 Å². The Balaban J connectivity index is 1.58. The monoisotopic (exact) mass is 564 g/mol. The van der Waals surface area contributed by atoms with Crippen molar-refractivity contribution in [3.63, 3.8) is 0 Å². The van der Waals surface area contributed by atoms with E-state index in [1.54, 1.807) is 23.1 Å². The summed E-state index contributed by atoms with van der Waals surface area (Å²) in [6.45, 7) is 3.28. The summed E-state index contributed by atoms with van der Waals surface area (Å²) in [4.78, 5) is 20.4. The largest absolute Gasteiger partial charge is 0.495 e. The molecule has 2 heterocycles. The van der Waals surface area contributed by atoms with Crippen LogP contribution in [0.1, 0.15) is 32.3 Å². The van der Waals surface area contributed by atoms with E-state index in [9.17, 15) is 39.6 Å². The summed E-state index contributed by atoms with van der Waals surface area (Å²) in [5, 5.41) is 0. The van der Waals surface area contributed by atoms with Crippen LogP contribution >= 0.6 is 0 Å². The molecule has 0 saturated carbocycles. The van der Waals surface area contributed by atoms with Crippen molar-refractivity contribution in [2.24, 2.45) is 5.92 Å². The van der Waals surface area contributed by atoms with E-state index in [1.165, 1.54) is 19.9 Å². The van der Waals surface area contributed by atoms with Crippen LogP contribution in [0.2, 0.25) is 0 Å². The number of nitrogens with one attached hydrogen (secondary N) is 1. The van der Waals surface area contributed by atoms with E-state index >= 15 is 0 Å². The molecule has 0 atom stereocenters. The number of halogens is 6. The second-order valence-electron chi connectivity index (χ2n) is 9.53. The molecule has 1 aliphatic rings. The molecule has 7 nitrogen and oxygen atoms in total. The SMILES string of the molecule is CC(C)(C1CCN(c2[nH]c3ccccc3[n+]2OC(=O)C(F)(F)F)CC1)S(=O)(=O)c1cccc(C(F)(F)F)c1. The highest BCUT2D eigenvalue weighted by atomic mass is 32.2. The van der Waals surface area contributed by atoms with Crippen LogP contribution in [0.25, 0.3) is 11.0 Å². The number of fused-ring (bicyclic) bond motifs is 1. The standard InChI is InChI=1S/C24H23F6N3O4S/c1-22(2,38(35,36)17-7-5-6-16(14-17)23(25,26)27)15-10-12-32(13-11-15)21-31-18-8-3-4-9-19(18)33(21)37-20(34)24(28,29)30/h3-9,14-15H,10-13H2,1-2H3/p+1. The molecule has 0 spiro atoms. The molecule has 14 heteroatoms. The van der Waals surface area contributed by atoms with Crippen molar-refractivity contribution < 1.29 is 49.1 Å². The fourth-order valence-corrected chi connectivity index (χ4v) is 6.45. The van der Waals surface area contributed by atoms with Gasteiger partial charge < -0.3 is 0 Å². The minimum Gasteiger partial charge on any atom is -0.268 e. The van der Waals surface area contributed by atoms with E-state index in [1.807, 2.05) is 0 Å². The van der Waals surface area contributed by atoms with Crippen LogP contribution in [-0.2, 0) is 20.8 Å². The third-order valence-corrected chi connectivity index (χ3v) is 9.50. The van der Waals surface area contributed by atoms with E-state index in [4.69, 9.17) is 0 Å². The molecule has 0 unspecified atom stereocenters. The van der Waals surface area contributed by atoms with E-state index in [2.05, 4.69) is 9.82 Å². The molecule has 1 aromatic heterocycles. The van der Waals surface area contributed by atoms with E-state index < -0.39 is 49.3 Å². The van der Waals surface area contributed by atoms with Gasteiger partial charge in [-0.25, -0.2) is 18.2 Å². The van der Waals surface area contributed by atoms with Gasteiger partial charge in [-0.1, -0.05) is 18.2 Å². The summed E-state index contributed by atoms with van der Waals surface area (Å²) in [6, 6.07) is 9.86. The molecule has 1 aliphatic heterocycles. The number of nitrogens with zero attached hydrogens (tertiary/aromatic N) is 2. The van der Waals surface area contributed by atoms with Gasteiger partial charge in [-0.15, -0.1) is 0 Å². The van der Waals surface area contributed by atoms with Crippen LogP contribution in [0.3, 0.4) is 0 Å². The molecular weight excluding hydrogens is 540 g/mol. The maximum atomic E-state index is 13.4. The van der Waals surface area contributed by atoms with Gasteiger partial charge in [-0.2, -0.15) is 26.3 Å². The van der Waals surface area contributed by atoms with Crippen LogP contribution in [0.15, 0.2) is 53.4 Å². The lowest BCUT2D eigenvalue weighted by atomic mass is 9.86. The molecule has 38 heavy (non-hydrogen) atoms. The molecule has 206 valence electrons. The summed E-state index contributed by atoms with van der Waals surface area (Å²) in [5.41, 5.74) is -0.470. The molecule has 1 N–H and O–H groups in total. The number of hydrogen-bond donors (Lipinski definition) is 1. The predicted molar refractivity (Wildman–Crippen MR) is 124 cm³/mol. The molecule has 0 aliphatic carbocycles. The van der Waals surface area contributed by atoms with E-state index in [-0.39, 0.29) is 37.4 Å². The Morgan fingerprint density at radius 2 is 1.63 bits per heavy atom. The van der Waals surface area contributed by atoms with Crippen molar-refractivity contribution in [1.82, 2.24) is 4.98 Å². The number of sulfone groups is 1. The number of aromatic amines is 1. The van der Waals surface area contributed by atoms with Crippen molar-refractivity contribution in [1.29, 1.82) is 0 Å². The van der Waals surface area contributed by atoms with E-state index in [0.717, 1.165) is 22.9 Å². The highest BCUT2D eigenvalue weighted by molar-refractivity contribution is 7.92. The zero-order chi connectivity index (χ0) is 28.1. The first kappa shape index (κ1) is 27.7. The second kappa shape index (κ2) is 9.47. The molecular formula is C24H24F6N3O4S+. The summed E-state index contributed by atoms with van der Waals surface area (Å²) < 4.78 is 104. The number of carbonyl (C=O) groups excluding carboxylic acids is 1. The topological polar surface area (TPSA) is 83.3 Å². The fourth-order valence-electron chi connectivity index (χ4n) is 4.63. The normalized spacial score (nSPS) is 16.2. The van der Waals surface area contributed by atoms with Gasteiger partial charge >= 0.3 is 24.3 Å². The summed E-state index contributed by atoms with van der Waals surface area (Å²) in [7, 11) is -4.19. The molecule has 0 bridgehead atoms. The van der Waals surface area contributed by atoms with Gasteiger partial charge in [0.15, 0.2) is 15.4 Å². The zero-order valence-corrected chi connectivity index (χ0v) is 21.0. The Morgan fingerprint density at radius 3 is 2.24 bits per heavy atom. The van der Waals surface area contributed by atoms with Gasteiger partial charge in [0.2, 0.25) is 0 Å². The Labute approximate surface area is 213 Å². The van der Waals surface area contributed by atoms with Crippen molar-refractivity contribution in [2.75, 3.05) is 18.0 Å². The van der Waals surface area contributed by atoms with Crippen LogP contribution in [0, 0.1) is 5.92 Å². The average Bonchev–Trinajstić information content (AvgIpc) is 3.21. The smallest absolute Gasteiger partial charge is 0.268 e. The van der Waals surface area contributed by atoms with Gasteiger partial charge in [-0.3, -0.25) is 9.74 Å². The number of hydrogen-bond acceptors (Lipinski definition) is 5. The molecule has 1 saturated heterocycles. The number of piperidine rings is 1. The number of alkyl halides is 6. The van der Waals surface area contributed by atoms with Crippen molar-refractivity contribution in [3.8, 4) is 0 Å². The average molecular weight is 565 g/mol. The van der Waals surface area contributed by atoms with Crippen molar-refractivity contribution in [3.05, 3.63) is 54.1 Å². The maximum Gasteiger partial charge on any atom is 0.495 e. The first-order valence-electron chi connectivity index (χ1n) is 11.5. The maximum absolute atomic E-state index is 13.4. The predicted octanol–water partition coefficient (Wildman–Crippen LogP) is 4.46. The molecule has 0 radical (unpaired) electrons. The Hall–Kier alpha value is -3.29. The number of anilines is 1. The number of benzene rings is 2. The number of imidazole rings is 1. The first-order valence-corrected chi connectivity index (χ1v) is 13.0. The Kier molecular flexibility index (Phi) is 6.91. The van der Waals surface area contributed by atoms with Crippen LogP contribution in [-0.4, -0.2) is 43.4 Å². The highest BCUT2D eigenvalue weighted by Crippen LogP contribution is 2.40. The number of carbonyl (C=O) groups is 1. The van der Waals surface area contributed by atoms with Gasteiger partial charge in [0.1, 0.15) is 5.52 Å². The minimum absolute atomic E-state index is 0.0702. The van der Waals surface area contributed by atoms with Crippen LogP contribution < -0.4 is 14.5 Å². The molecule has 3 aromatic rings. The molecule has 2 aromatic carbocycles.